The number of likely N-dealkylation sites (tertiary alicyclic amines) is 1. The van der Waals surface area contributed by atoms with Crippen molar-refractivity contribution in [2.24, 2.45) is 5.73 Å². The van der Waals surface area contributed by atoms with E-state index in [1.807, 2.05) is 73.7 Å². The van der Waals surface area contributed by atoms with E-state index < -0.39 is 31.6 Å². The van der Waals surface area contributed by atoms with Crippen LogP contribution >= 0.6 is 0 Å². The van der Waals surface area contributed by atoms with E-state index >= 15 is 0 Å². The Labute approximate surface area is 299 Å². The van der Waals surface area contributed by atoms with Crippen LogP contribution in [-0.2, 0) is 31.0 Å². The number of methoxy groups -OCH3 is 1. The third-order valence-corrected chi connectivity index (χ3v) is 10.6. The number of unbranched alkanes of at least 4 members (excludes halogenated alkanes) is 2. The number of carbonyl (C=O) groups excluding carboxylic acids is 1. The van der Waals surface area contributed by atoms with E-state index in [2.05, 4.69) is 25.7 Å². The summed E-state index contributed by atoms with van der Waals surface area (Å²) >= 11 is 0. The lowest BCUT2D eigenvalue weighted by atomic mass is 9.93. The average molecular weight is 733 g/mol. The van der Waals surface area contributed by atoms with Crippen LogP contribution in [0, 0.1) is 6.92 Å². The number of hydrogen-bond donors (Lipinski definition) is 2. The minimum Gasteiger partial charge on any atom is -0.497 e. The molecule has 278 valence electrons. The largest absolute Gasteiger partial charge is 0.497 e. The smallest absolute Gasteiger partial charge is 0.303 e. The molecule has 10 nitrogen and oxygen atoms in total. The van der Waals surface area contributed by atoms with Crippen molar-refractivity contribution in [2.75, 3.05) is 31.9 Å². The molecule has 0 saturated carbocycles. The second-order valence-corrected chi connectivity index (χ2v) is 17.1. The second kappa shape index (κ2) is 22.2. The summed E-state index contributed by atoms with van der Waals surface area (Å²) in [6, 6.07) is 23.5. The zero-order chi connectivity index (χ0) is 37.9. The van der Waals surface area contributed by atoms with Gasteiger partial charge in [-0.3, -0.25) is 14.5 Å². The number of nitrogens with two attached hydrogens (primary N) is 1. The van der Waals surface area contributed by atoms with E-state index in [0.717, 1.165) is 34.3 Å². The molecule has 0 bridgehead atoms. The number of amides is 1. The summed E-state index contributed by atoms with van der Waals surface area (Å²) in [5.41, 5.74) is 10.0. The molecule has 1 saturated heterocycles. The van der Waals surface area contributed by atoms with Crippen LogP contribution in [0.1, 0.15) is 80.8 Å². The molecule has 1 fully saturated rings. The van der Waals surface area contributed by atoms with Crippen LogP contribution in [0.2, 0.25) is 0 Å². The topological polar surface area (TPSA) is 161 Å². The number of primary amides is 1. The van der Waals surface area contributed by atoms with Gasteiger partial charge in [0.15, 0.2) is 9.84 Å². The van der Waals surface area contributed by atoms with Crippen molar-refractivity contribution in [1.29, 1.82) is 0 Å². The molecule has 12 heteroatoms. The van der Waals surface area contributed by atoms with Crippen LogP contribution in [0.5, 0.6) is 5.75 Å². The van der Waals surface area contributed by atoms with E-state index in [9.17, 15) is 26.4 Å². The fourth-order valence-electron chi connectivity index (χ4n) is 5.21. The molecule has 1 aliphatic rings. The molecule has 3 aromatic rings. The highest BCUT2D eigenvalue weighted by molar-refractivity contribution is 7.91. The monoisotopic (exact) mass is 732 g/mol. The van der Waals surface area contributed by atoms with Gasteiger partial charge in [0.1, 0.15) is 15.6 Å². The third-order valence-electron chi connectivity index (χ3n) is 8.03. The summed E-state index contributed by atoms with van der Waals surface area (Å²) in [5, 5.41) is 7.80. The van der Waals surface area contributed by atoms with Crippen molar-refractivity contribution < 1.29 is 36.3 Å². The molecule has 1 amide bonds. The van der Waals surface area contributed by atoms with Gasteiger partial charge in [0.2, 0.25) is 5.91 Å². The van der Waals surface area contributed by atoms with Gasteiger partial charge in [-0.05, 0) is 73.2 Å². The molecule has 50 heavy (non-hydrogen) atoms. The van der Waals surface area contributed by atoms with Gasteiger partial charge >= 0.3 is 5.97 Å². The van der Waals surface area contributed by atoms with Crippen molar-refractivity contribution in [3.63, 3.8) is 0 Å². The molecular formula is C38H56N2O8S2. The van der Waals surface area contributed by atoms with Gasteiger partial charge in [-0.1, -0.05) is 81.6 Å². The molecule has 2 atom stereocenters. The predicted molar refractivity (Wildman–Crippen MR) is 203 cm³/mol. The summed E-state index contributed by atoms with van der Waals surface area (Å²) in [5.74, 6) is -0.540. The Morgan fingerprint density at radius 1 is 0.900 bits per heavy atom. The van der Waals surface area contributed by atoms with Crippen LogP contribution in [0.3, 0.4) is 0 Å². The molecule has 0 spiro atoms. The highest BCUT2D eigenvalue weighted by atomic mass is 32.2. The zero-order valence-corrected chi connectivity index (χ0v) is 32.2. The van der Waals surface area contributed by atoms with Gasteiger partial charge in [-0.25, -0.2) is 16.8 Å². The number of aliphatic carboxylic acids is 1. The van der Waals surface area contributed by atoms with Crippen molar-refractivity contribution in [1.82, 2.24) is 4.90 Å². The maximum absolute atomic E-state index is 11.9. The molecule has 4 rings (SSSR count). The lowest BCUT2D eigenvalue weighted by molar-refractivity contribution is -0.137. The number of carboxylic acid groups (broad SMARTS) is 1. The van der Waals surface area contributed by atoms with Gasteiger partial charge in [0.05, 0.1) is 18.1 Å². The number of benzene rings is 3. The summed E-state index contributed by atoms with van der Waals surface area (Å²) in [4.78, 5) is 24.0. The zero-order valence-electron chi connectivity index (χ0n) is 30.6. The number of hydrogen-bond acceptors (Lipinski definition) is 8. The van der Waals surface area contributed by atoms with Crippen molar-refractivity contribution in [2.45, 2.75) is 84.1 Å². The van der Waals surface area contributed by atoms with Crippen LogP contribution in [0.4, 0.5) is 0 Å². The van der Waals surface area contributed by atoms with E-state index in [-0.39, 0.29) is 29.9 Å². The van der Waals surface area contributed by atoms with E-state index in [4.69, 9.17) is 15.6 Å². The number of rotatable bonds is 12. The van der Waals surface area contributed by atoms with Gasteiger partial charge in [0.25, 0.3) is 0 Å². The maximum atomic E-state index is 11.9. The molecule has 0 aliphatic carbocycles. The third kappa shape index (κ3) is 17.3. The molecule has 0 radical (unpaired) electrons. The number of ether oxygens (including phenoxy) is 1. The average Bonchev–Trinajstić information content (AvgIpc) is 3.42. The Kier molecular flexibility index (Phi) is 19.6. The van der Waals surface area contributed by atoms with E-state index in [1.165, 1.54) is 25.5 Å². The Bertz CT molecular complexity index is 1690. The Morgan fingerprint density at radius 3 is 1.94 bits per heavy atom. The van der Waals surface area contributed by atoms with Gasteiger partial charge < -0.3 is 15.6 Å². The van der Waals surface area contributed by atoms with Crippen molar-refractivity contribution in [3.05, 3.63) is 89.5 Å². The molecule has 3 N–H and O–H groups in total. The number of para-hydroxylation sites is 1. The van der Waals surface area contributed by atoms with Crippen LogP contribution in [-0.4, -0.2) is 81.9 Å². The standard InChI is InChI=1S/C21H26N2O3S.C7H8O.C5H10O4S.C5H12/c1-14-6-4-5-7-18(14)20-11-16(8-9-19(20)21(22)24)12-23-13-17(10-15(23)2)27(3,25)26;1-8-7-5-3-2-4-6-7;1-10(8,9)4-2-3-5(6)7;1-3-5-4-2/h4-9,11,15,17H,10,12-13H2,1-3H3,(H2,22,24);2-6H,1H3;2-4H2,1H3,(H,6,7);3-5H2,1-2H3. The number of aryl methyl sites for hydroxylation is 1. The minimum absolute atomic E-state index is 0.0424. The highest BCUT2D eigenvalue weighted by Gasteiger charge is 2.35. The predicted octanol–water partition coefficient (Wildman–Crippen LogP) is 6.56. The molecular weight excluding hydrogens is 677 g/mol. The Morgan fingerprint density at radius 2 is 1.50 bits per heavy atom. The number of carboxylic acids is 1. The molecule has 3 aromatic carbocycles. The first kappa shape index (κ1) is 44.3. The van der Waals surface area contributed by atoms with Gasteiger partial charge in [-0.15, -0.1) is 0 Å². The Hall–Kier alpha value is -3.74. The highest BCUT2D eigenvalue weighted by Crippen LogP contribution is 2.30. The van der Waals surface area contributed by atoms with Crippen LogP contribution < -0.4 is 10.5 Å². The van der Waals surface area contributed by atoms with Crippen molar-refractivity contribution >= 4 is 31.6 Å². The lowest BCUT2D eigenvalue weighted by Crippen LogP contribution is -2.28. The van der Waals surface area contributed by atoms with Gasteiger partial charge in [-0.2, -0.15) is 0 Å². The first-order valence-electron chi connectivity index (χ1n) is 16.8. The quantitative estimate of drug-likeness (QED) is 0.210. The first-order chi connectivity index (χ1) is 23.4. The van der Waals surface area contributed by atoms with Crippen LogP contribution in [0.25, 0.3) is 11.1 Å². The molecule has 0 aromatic heterocycles. The summed E-state index contributed by atoms with van der Waals surface area (Å²) in [7, 11) is -4.36. The fraction of sp³-hybridized carbons (Fsp3) is 0.474. The minimum atomic E-state index is -3.04. The first-order valence-corrected chi connectivity index (χ1v) is 20.8. The van der Waals surface area contributed by atoms with Gasteiger partial charge in [0, 0.05) is 43.6 Å². The molecule has 2 unspecified atom stereocenters. The van der Waals surface area contributed by atoms with Crippen LogP contribution in [0.15, 0.2) is 72.8 Å². The summed E-state index contributed by atoms with van der Waals surface area (Å²) < 4.78 is 49.5. The maximum Gasteiger partial charge on any atom is 0.303 e. The summed E-state index contributed by atoms with van der Waals surface area (Å²) in [6.45, 7) is 9.67. The fourth-order valence-corrected chi connectivity index (χ4v) is 6.97. The summed E-state index contributed by atoms with van der Waals surface area (Å²) in [6.07, 6.45) is 7.26. The normalized spacial score (nSPS) is 15.7. The van der Waals surface area contributed by atoms with E-state index in [1.54, 1.807) is 13.2 Å². The lowest BCUT2D eigenvalue weighted by Gasteiger charge is -2.22. The van der Waals surface area contributed by atoms with E-state index in [0.29, 0.717) is 25.1 Å². The molecule has 1 heterocycles. The van der Waals surface area contributed by atoms with Crippen molar-refractivity contribution in [3.8, 4) is 16.9 Å². The SMILES string of the molecule is CCCCC.COc1ccccc1.CS(=O)(=O)CCCC(=O)O.Cc1ccccc1-c1cc(CN2CC(S(C)(=O)=O)CC2C)ccc1C(N)=O. The second-order valence-electron chi connectivity index (χ2n) is 12.5. The number of nitrogens with zero attached hydrogens (tertiary/aromatic N) is 1. The Balaban J connectivity index is 0.000000441. The number of carbonyl (C=O) groups is 2. The molecule has 1 aliphatic heterocycles. The number of sulfone groups is 2.